The molecular formula is C26H35N3O3. The van der Waals surface area contributed by atoms with Crippen LogP contribution in [0.4, 0.5) is 11.4 Å². The summed E-state index contributed by atoms with van der Waals surface area (Å²) < 4.78 is 5.70. The van der Waals surface area contributed by atoms with E-state index in [-0.39, 0.29) is 18.4 Å². The minimum atomic E-state index is -0.138. The average molecular weight is 438 g/mol. The molecule has 0 bridgehead atoms. The van der Waals surface area contributed by atoms with Gasteiger partial charge in [0.25, 0.3) is 5.91 Å². The molecule has 1 heterocycles. The fourth-order valence-corrected chi connectivity index (χ4v) is 3.56. The van der Waals surface area contributed by atoms with Crippen LogP contribution < -0.4 is 15.4 Å². The Kier molecular flexibility index (Phi) is 8.54. The molecule has 6 heteroatoms. The van der Waals surface area contributed by atoms with Gasteiger partial charge in [0, 0.05) is 30.0 Å². The first-order chi connectivity index (χ1) is 15.4. The SMILES string of the molecule is CC(C)CCOc1ccc(NC(=O)CNc2ccc(C(=O)N3CCC(C)CC3)cc2)cc1. The van der Waals surface area contributed by atoms with E-state index in [4.69, 9.17) is 4.74 Å². The quantitative estimate of drug-likeness (QED) is 0.577. The molecule has 0 unspecified atom stereocenters. The molecule has 2 amide bonds. The lowest BCUT2D eigenvalue weighted by molar-refractivity contribution is -0.114. The van der Waals surface area contributed by atoms with E-state index < -0.39 is 0 Å². The molecule has 2 aromatic rings. The molecule has 2 aromatic carbocycles. The minimum absolute atomic E-state index is 0.0813. The predicted molar refractivity (Wildman–Crippen MR) is 129 cm³/mol. The Hall–Kier alpha value is -3.02. The largest absolute Gasteiger partial charge is 0.494 e. The Morgan fingerprint density at radius 1 is 1.00 bits per heavy atom. The first kappa shape index (κ1) is 23.6. The van der Waals surface area contributed by atoms with Crippen LogP contribution in [-0.4, -0.2) is 43.0 Å². The third-order valence-electron chi connectivity index (χ3n) is 5.76. The van der Waals surface area contributed by atoms with Gasteiger partial charge in [-0.2, -0.15) is 0 Å². The van der Waals surface area contributed by atoms with Gasteiger partial charge in [-0.1, -0.05) is 20.8 Å². The summed E-state index contributed by atoms with van der Waals surface area (Å²) in [6.45, 7) is 9.05. The van der Waals surface area contributed by atoms with Gasteiger partial charge in [0.1, 0.15) is 5.75 Å². The molecule has 32 heavy (non-hydrogen) atoms. The van der Waals surface area contributed by atoms with Gasteiger partial charge >= 0.3 is 0 Å². The molecule has 0 spiro atoms. The molecule has 0 aliphatic carbocycles. The molecule has 0 saturated carbocycles. The third-order valence-corrected chi connectivity index (χ3v) is 5.76. The highest BCUT2D eigenvalue weighted by atomic mass is 16.5. The number of nitrogens with one attached hydrogen (secondary N) is 2. The summed E-state index contributed by atoms with van der Waals surface area (Å²) in [6, 6.07) is 14.7. The van der Waals surface area contributed by atoms with Crippen molar-refractivity contribution in [2.75, 3.05) is 36.9 Å². The van der Waals surface area contributed by atoms with Crippen molar-refractivity contribution in [2.45, 2.75) is 40.0 Å². The number of ether oxygens (including phenoxy) is 1. The van der Waals surface area contributed by atoms with E-state index in [1.807, 2.05) is 53.4 Å². The number of piperidine rings is 1. The van der Waals surface area contributed by atoms with Crippen molar-refractivity contribution in [3.8, 4) is 5.75 Å². The van der Waals surface area contributed by atoms with Crippen LogP contribution in [0.25, 0.3) is 0 Å². The van der Waals surface area contributed by atoms with E-state index in [1.54, 1.807) is 0 Å². The number of likely N-dealkylation sites (tertiary alicyclic amines) is 1. The zero-order chi connectivity index (χ0) is 22.9. The topological polar surface area (TPSA) is 70.7 Å². The number of benzene rings is 2. The van der Waals surface area contributed by atoms with Crippen LogP contribution in [0.3, 0.4) is 0 Å². The van der Waals surface area contributed by atoms with E-state index >= 15 is 0 Å². The van der Waals surface area contributed by atoms with Gasteiger partial charge in [-0.25, -0.2) is 0 Å². The van der Waals surface area contributed by atoms with Crippen molar-refractivity contribution >= 4 is 23.2 Å². The lowest BCUT2D eigenvalue weighted by Gasteiger charge is -2.30. The van der Waals surface area contributed by atoms with Crippen molar-refractivity contribution in [1.29, 1.82) is 0 Å². The van der Waals surface area contributed by atoms with Crippen molar-refractivity contribution in [3.63, 3.8) is 0 Å². The number of amides is 2. The maximum absolute atomic E-state index is 12.6. The van der Waals surface area contributed by atoms with E-state index in [0.717, 1.165) is 49.5 Å². The molecule has 0 radical (unpaired) electrons. The average Bonchev–Trinajstić information content (AvgIpc) is 2.79. The molecule has 3 rings (SSSR count). The Morgan fingerprint density at radius 3 is 2.25 bits per heavy atom. The highest BCUT2D eigenvalue weighted by Crippen LogP contribution is 2.19. The van der Waals surface area contributed by atoms with Gasteiger partial charge < -0.3 is 20.3 Å². The summed E-state index contributed by atoms with van der Waals surface area (Å²) in [4.78, 5) is 26.8. The molecule has 0 atom stereocenters. The first-order valence-corrected chi connectivity index (χ1v) is 11.6. The van der Waals surface area contributed by atoms with Crippen LogP contribution in [0.15, 0.2) is 48.5 Å². The summed E-state index contributed by atoms with van der Waals surface area (Å²) in [5, 5.41) is 5.98. The number of hydrogen-bond acceptors (Lipinski definition) is 4. The van der Waals surface area contributed by atoms with E-state index in [0.29, 0.717) is 24.0 Å². The van der Waals surface area contributed by atoms with E-state index in [9.17, 15) is 9.59 Å². The van der Waals surface area contributed by atoms with Crippen LogP contribution in [-0.2, 0) is 4.79 Å². The van der Waals surface area contributed by atoms with Crippen molar-refractivity contribution in [3.05, 3.63) is 54.1 Å². The van der Waals surface area contributed by atoms with Crippen molar-refractivity contribution < 1.29 is 14.3 Å². The number of carbonyl (C=O) groups excluding carboxylic acids is 2. The third kappa shape index (κ3) is 7.29. The van der Waals surface area contributed by atoms with Gasteiger partial charge in [-0.3, -0.25) is 9.59 Å². The zero-order valence-corrected chi connectivity index (χ0v) is 19.4. The zero-order valence-electron chi connectivity index (χ0n) is 19.4. The van der Waals surface area contributed by atoms with Crippen LogP contribution in [0.1, 0.15) is 50.4 Å². The number of nitrogens with zero attached hydrogens (tertiary/aromatic N) is 1. The van der Waals surface area contributed by atoms with Crippen LogP contribution in [0.5, 0.6) is 5.75 Å². The summed E-state index contributed by atoms with van der Waals surface area (Å²) in [5.74, 6) is 2.04. The van der Waals surface area contributed by atoms with Crippen molar-refractivity contribution in [2.24, 2.45) is 11.8 Å². The fourth-order valence-electron chi connectivity index (χ4n) is 3.56. The fraction of sp³-hybridized carbons (Fsp3) is 0.462. The predicted octanol–water partition coefficient (Wildman–Crippen LogP) is 5.03. The molecule has 0 aromatic heterocycles. The summed E-state index contributed by atoms with van der Waals surface area (Å²) in [5.41, 5.74) is 2.22. The standard InChI is InChI=1S/C26H35N3O3/c1-19(2)14-17-32-24-10-8-23(9-11-24)28-25(30)18-27-22-6-4-21(5-7-22)26(31)29-15-12-20(3)13-16-29/h4-11,19-20,27H,12-18H2,1-3H3,(H,28,30). The summed E-state index contributed by atoms with van der Waals surface area (Å²) >= 11 is 0. The lowest BCUT2D eigenvalue weighted by atomic mass is 9.98. The Morgan fingerprint density at radius 2 is 1.62 bits per heavy atom. The normalized spacial score (nSPS) is 14.3. The molecule has 172 valence electrons. The highest BCUT2D eigenvalue weighted by molar-refractivity contribution is 5.95. The van der Waals surface area contributed by atoms with Gasteiger partial charge in [-0.05, 0) is 79.6 Å². The molecular weight excluding hydrogens is 402 g/mol. The number of carbonyl (C=O) groups is 2. The molecule has 1 fully saturated rings. The number of anilines is 2. The second kappa shape index (κ2) is 11.6. The molecule has 2 N–H and O–H groups in total. The van der Waals surface area contributed by atoms with E-state index in [1.165, 1.54) is 0 Å². The summed E-state index contributed by atoms with van der Waals surface area (Å²) in [7, 11) is 0. The van der Waals surface area contributed by atoms with Crippen LogP contribution in [0.2, 0.25) is 0 Å². The number of hydrogen-bond donors (Lipinski definition) is 2. The van der Waals surface area contributed by atoms with Crippen LogP contribution >= 0.6 is 0 Å². The minimum Gasteiger partial charge on any atom is -0.494 e. The van der Waals surface area contributed by atoms with Crippen LogP contribution in [0, 0.1) is 11.8 Å². The Labute approximate surface area is 191 Å². The van der Waals surface area contributed by atoms with Gasteiger partial charge in [0.15, 0.2) is 0 Å². The second-order valence-electron chi connectivity index (χ2n) is 9.01. The second-order valence-corrected chi connectivity index (χ2v) is 9.01. The molecule has 1 aliphatic heterocycles. The Balaban J connectivity index is 1.42. The highest BCUT2D eigenvalue weighted by Gasteiger charge is 2.21. The summed E-state index contributed by atoms with van der Waals surface area (Å²) in [6.07, 6.45) is 3.14. The van der Waals surface area contributed by atoms with Gasteiger partial charge in [0.2, 0.25) is 5.91 Å². The Bertz CT molecular complexity index is 870. The van der Waals surface area contributed by atoms with E-state index in [2.05, 4.69) is 31.4 Å². The maximum Gasteiger partial charge on any atom is 0.253 e. The maximum atomic E-state index is 12.6. The molecule has 6 nitrogen and oxygen atoms in total. The number of rotatable bonds is 9. The van der Waals surface area contributed by atoms with Gasteiger partial charge in [-0.15, -0.1) is 0 Å². The first-order valence-electron chi connectivity index (χ1n) is 11.6. The van der Waals surface area contributed by atoms with Gasteiger partial charge in [0.05, 0.1) is 13.2 Å². The molecule has 1 saturated heterocycles. The lowest BCUT2D eigenvalue weighted by Crippen LogP contribution is -2.37. The monoisotopic (exact) mass is 437 g/mol. The smallest absolute Gasteiger partial charge is 0.253 e. The van der Waals surface area contributed by atoms with Crippen molar-refractivity contribution in [1.82, 2.24) is 4.90 Å². The molecule has 1 aliphatic rings.